The Balaban J connectivity index is 2.29. The number of ketones is 1. The summed E-state index contributed by atoms with van der Waals surface area (Å²) in [4.78, 5) is 23.0. The zero-order valence-corrected chi connectivity index (χ0v) is 15.3. The highest BCUT2D eigenvalue weighted by atomic mass is 16.5. The first kappa shape index (κ1) is 20.4. The predicted molar refractivity (Wildman–Crippen MR) is 98.7 cm³/mol. The second-order valence-corrected chi connectivity index (χ2v) is 6.36. The van der Waals surface area contributed by atoms with Crippen molar-refractivity contribution >= 4 is 11.8 Å². The summed E-state index contributed by atoms with van der Waals surface area (Å²) < 4.78 is 4.62. The van der Waals surface area contributed by atoms with Crippen molar-refractivity contribution in [3.8, 4) is 0 Å². The summed E-state index contributed by atoms with van der Waals surface area (Å²) in [5.41, 5.74) is 0.910. The van der Waals surface area contributed by atoms with Gasteiger partial charge in [-0.25, -0.2) is 0 Å². The number of allylic oxidation sites excluding steroid dienone is 6. The lowest BCUT2D eigenvalue weighted by molar-refractivity contribution is -0.140. The summed E-state index contributed by atoms with van der Waals surface area (Å²) in [6.07, 6.45) is 20.5. The van der Waals surface area contributed by atoms with Crippen LogP contribution in [0.4, 0.5) is 0 Å². The number of rotatable bonds is 12. The lowest BCUT2D eigenvalue weighted by atomic mass is 9.98. The Bertz CT molecular complexity index is 471. The highest BCUT2D eigenvalue weighted by molar-refractivity contribution is 6.07. The van der Waals surface area contributed by atoms with Crippen LogP contribution in [0.5, 0.6) is 0 Å². The fraction of sp³-hybridized carbons (Fsp3) is 0.619. The van der Waals surface area contributed by atoms with E-state index in [0.29, 0.717) is 6.42 Å². The normalized spacial score (nSPS) is 18.8. The summed E-state index contributed by atoms with van der Waals surface area (Å²) in [6.45, 7) is 2.22. The quantitative estimate of drug-likeness (QED) is 0.210. The van der Waals surface area contributed by atoms with Crippen LogP contribution in [0.2, 0.25) is 0 Å². The fourth-order valence-electron chi connectivity index (χ4n) is 2.84. The maximum Gasteiger partial charge on any atom is 0.305 e. The van der Waals surface area contributed by atoms with E-state index in [4.69, 9.17) is 0 Å². The molecule has 0 spiro atoms. The smallest absolute Gasteiger partial charge is 0.305 e. The van der Waals surface area contributed by atoms with Gasteiger partial charge in [-0.2, -0.15) is 0 Å². The molecule has 0 heterocycles. The molecule has 1 aliphatic carbocycles. The molecule has 3 nitrogen and oxygen atoms in total. The molecule has 0 aromatic heterocycles. The zero-order valence-electron chi connectivity index (χ0n) is 15.3. The van der Waals surface area contributed by atoms with Crippen molar-refractivity contribution in [2.45, 2.75) is 71.1 Å². The van der Waals surface area contributed by atoms with E-state index in [1.165, 1.54) is 32.8 Å². The van der Waals surface area contributed by atoms with Gasteiger partial charge in [0.1, 0.15) is 0 Å². The Morgan fingerprint density at radius 3 is 2.62 bits per heavy atom. The third-order valence-corrected chi connectivity index (χ3v) is 4.34. The molecule has 0 saturated heterocycles. The molecule has 0 unspecified atom stereocenters. The van der Waals surface area contributed by atoms with Crippen molar-refractivity contribution in [3.05, 3.63) is 36.0 Å². The van der Waals surface area contributed by atoms with Crippen molar-refractivity contribution in [1.82, 2.24) is 0 Å². The molecule has 0 N–H and O–H groups in total. The summed E-state index contributed by atoms with van der Waals surface area (Å²) in [6, 6.07) is 0. The maximum atomic E-state index is 12.0. The van der Waals surface area contributed by atoms with E-state index in [1.54, 1.807) is 6.08 Å². The van der Waals surface area contributed by atoms with E-state index in [-0.39, 0.29) is 17.7 Å². The molecule has 0 aliphatic heterocycles. The summed E-state index contributed by atoms with van der Waals surface area (Å²) in [7, 11) is 1.42. The minimum absolute atomic E-state index is 0.144. The Kier molecular flexibility index (Phi) is 10.8. The molecular weight excluding hydrogens is 300 g/mol. The van der Waals surface area contributed by atoms with Crippen LogP contribution in [0.1, 0.15) is 71.1 Å². The van der Waals surface area contributed by atoms with Gasteiger partial charge in [0.25, 0.3) is 0 Å². The van der Waals surface area contributed by atoms with E-state index in [0.717, 1.165) is 37.7 Å². The molecule has 1 atom stereocenters. The molecule has 3 heteroatoms. The van der Waals surface area contributed by atoms with Crippen molar-refractivity contribution in [2.75, 3.05) is 7.11 Å². The van der Waals surface area contributed by atoms with Crippen molar-refractivity contribution < 1.29 is 14.3 Å². The minimum Gasteiger partial charge on any atom is -0.469 e. The summed E-state index contributed by atoms with van der Waals surface area (Å²) in [5.74, 6) is 0.150. The fourth-order valence-corrected chi connectivity index (χ4v) is 2.84. The zero-order chi connectivity index (χ0) is 17.6. The lowest BCUT2D eigenvalue weighted by Crippen LogP contribution is -2.01. The number of esters is 1. The Labute approximate surface area is 146 Å². The highest BCUT2D eigenvalue weighted by Gasteiger charge is 2.19. The van der Waals surface area contributed by atoms with Crippen LogP contribution < -0.4 is 0 Å². The maximum absolute atomic E-state index is 12.0. The average Bonchev–Trinajstić information content (AvgIpc) is 2.94. The molecule has 134 valence electrons. The molecule has 0 radical (unpaired) electrons. The van der Waals surface area contributed by atoms with Gasteiger partial charge in [-0.3, -0.25) is 9.59 Å². The number of hydrogen-bond donors (Lipinski definition) is 0. The van der Waals surface area contributed by atoms with E-state index in [1.807, 2.05) is 6.08 Å². The second kappa shape index (κ2) is 12.7. The van der Waals surface area contributed by atoms with Crippen LogP contribution in [-0.4, -0.2) is 18.9 Å². The molecule has 0 amide bonds. The molecule has 0 fully saturated rings. The van der Waals surface area contributed by atoms with Gasteiger partial charge in [0.15, 0.2) is 5.78 Å². The van der Waals surface area contributed by atoms with E-state index >= 15 is 0 Å². The van der Waals surface area contributed by atoms with Crippen LogP contribution in [0.3, 0.4) is 0 Å². The molecule has 0 saturated carbocycles. The molecule has 24 heavy (non-hydrogen) atoms. The van der Waals surface area contributed by atoms with Crippen molar-refractivity contribution in [3.63, 3.8) is 0 Å². The van der Waals surface area contributed by atoms with Crippen LogP contribution in [0.25, 0.3) is 0 Å². The third-order valence-electron chi connectivity index (χ3n) is 4.34. The highest BCUT2D eigenvalue weighted by Crippen LogP contribution is 2.24. The van der Waals surface area contributed by atoms with E-state index < -0.39 is 0 Å². The number of unbranched alkanes of at least 4 members (excludes halogenated alkanes) is 7. The first-order valence-corrected chi connectivity index (χ1v) is 9.35. The van der Waals surface area contributed by atoms with Crippen molar-refractivity contribution in [2.24, 2.45) is 5.92 Å². The molecule has 1 aliphatic rings. The standard InChI is InChI=1S/C21H32O3/c1-3-4-5-6-7-10-13-18-16-17-20(22)19(18)14-11-8-9-12-15-21(23)24-2/h10,13-14,16-18H,3-9,11-12,15H2,1-2H3/b13-10+,19-14-/t18-/m1/s1. The van der Waals surface area contributed by atoms with Gasteiger partial charge in [0.2, 0.25) is 0 Å². The van der Waals surface area contributed by atoms with Gasteiger partial charge in [-0.1, -0.05) is 56.9 Å². The van der Waals surface area contributed by atoms with Gasteiger partial charge in [-0.15, -0.1) is 0 Å². The first-order valence-electron chi connectivity index (χ1n) is 9.35. The largest absolute Gasteiger partial charge is 0.469 e. The molecule has 0 bridgehead atoms. The molecule has 1 rings (SSSR count). The van der Waals surface area contributed by atoms with E-state index in [2.05, 4.69) is 29.9 Å². The first-order chi connectivity index (χ1) is 11.7. The van der Waals surface area contributed by atoms with Gasteiger partial charge >= 0.3 is 5.97 Å². The predicted octanol–water partition coefficient (Wildman–Crippen LogP) is 5.32. The SMILES string of the molecule is CCCCCC/C=C/[C@@H]1C=CC(=O)/C1=C\CCCCCC(=O)OC. The van der Waals surface area contributed by atoms with Gasteiger partial charge in [0, 0.05) is 17.9 Å². The average molecular weight is 332 g/mol. The van der Waals surface area contributed by atoms with Crippen LogP contribution in [0.15, 0.2) is 36.0 Å². The van der Waals surface area contributed by atoms with Gasteiger partial charge in [0.05, 0.1) is 7.11 Å². The Morgan fingerprint density at radius 1 is 1.12 bits per heavy atom. The number of carbonyl (C=O) groups excluding carboxylic acids is 2. The van der Waals surface area contributed by atoms with Gasteiger partial charge < -0.3 is 4.74 Å². The monoisotopic (exact) mass is 332 g/mol. The van der Waals surface area contributed by atoms with E-state index in [9.17, 15) is 9.59 Å². The Morgan fingerprint density at radius 2 is 1.88 bits per heavy atom. The number of hydrogen-bond acceptors (Lipinski definition) is 3. The van der Waals surface area contributed by atoms with Crippen molar-refractivity contribution in [1.29, 1.82) is 0 Å². The Hall–Kier alpha value is -1.64. The number of ether oxygens (including phenoxy) is 1. The summed E-state index contributed by atoms with van der Waals surface area (Å²) in [5, 5.41) is 0. The van der Waals surface area contributed by atoms with Gasteiger partial charge in [-0.05, 0) is 38.2 Å². The minimum atomic E-state index is -0.146. The summed E-state index contributed by atoms with van der Waals surface area (Å²) >= 11 is 0. The third kappa shape index (κ3) is 8.28. The number of carbonyl (C=O) groups is 2. The molecule has 0 aromatic rings. The van der Waals surface area contributed by atoms with Crippen LogP contribution >= 0.6 is 0 Å². The van der Waals surface area contributed by atoms with Crippen LogP contribution in [-0.2, 0) is 14.3 Å². The topological polar surface area (TPSA) is 43.4 Å². The second-order valence-electron chi connectivity index (χ2n) is 6.36. The molecule has 0 aromatic carbocycles. The lowest BCUT2D eigenvalue weighted by Gasteiger charge is -2.05. The van der Waals surface area contributed by atoms with Crippen LogP contribution in [0, 0.1) is 5.92 Å². The molecular formula is C21H32O3. The number of methoxy groups -OCH3 is 1.